The third-order valence-corrected chi connectivity index (χ3v) is 22.0. The number of anilines is 6. The number of thiophene rings is 2. The number of nitrogens with zero attached hydrogens (tertiary/aromatic N) is 4. The van der Waals surface area contributed by atoms with Gasteiger partial charge in [-0.05, 0) is 237 Å². The molecular weight excluding hydrogens is 1200 g/mol. The standard InChI is InChI=1S/C90H54N4S2/c1-2-13-55(14-3-1)56-28-35-65(36-29-56)93(69-41-43-75-80-26-12-48-91-89(80)96-85(75)54-69)66-37-30-57(31-38-66)61-34-42-73-78-25-11-24-76-70(44-45-79(88(76)78)82(73)52-61)62-17-8-15-59(49-62)60-16-9-19-68(51-60)94(86-47-46-81-74-22-6-7-27-84(74)95-90(81)92-86)67-39-32-58(33-40-67)64-50-63-18-10-23-77-71-20-4-5-21-72(71)83(53-64)87(63)77/h1-54H. The summed E-state index contributed by atoms with van der Waals surface area (Å²) < 4.78 is 2.45. The van der Waals surface area contributed by atoms with Crippen molar-refractivity contribution in [3.05, 3.63) is 328 Å². The number of benzene rings is 14. The second-order valence-electron chi connectivity index (χ2n) is 25.2. The molecule has 18 aromatic rings. The largest absolute Gasteiger partial charge is 0.310 e. The van der Waals surface area contributed by atoms with E-state index in [1.165, 1.54) is 142 Å². The molecule has 96 heavy (non-hydrogen) atoms. The number of pyridine rings is 2. The minimum atomic E-state index is 0.870. The molecule has 0 unspecified atom stereocenters. The molecule has 0 fully saturated rings. The van der Waals surface area contributed by atoms with Crippen LogP contribution >= 0.6 is 22.7 Å². The molecular formula is C90H54N4S2. The Kier molecular flexibility index (Phi) is 12.4. The summed E-state index contributed by atoms with van der Waals surface area (Å²) in [5, 5.41) is 9.99. The molecule has 0 aliphatic heterocycles. The average Bonchev–Trinajstić information content (AvgIpc) is 1.58. The van der Waals surface area contributed by atoms with E-state index in [2.05, 4.69) is 325 Å². The van der Waals surface area contributed by atoms with Gasteiger partial charge in [0.05, 0.1) is 0 Å². The van der Waals surface area contributed by atoms with E-state index in [1.54, 1.807) is 22.7 Å². The van der Waals surface area contributed by atoms with Gasteiger partial charge in [0.25, 0.3) is 0 Å². The highest BCUT2D eigenvalue weighted by Gasteiger charge is 2.26. The van der Waals surface area contributed by atoms with Crippen LogP contribution < -0.4 is 9.80 Å². The fourth-order valence-corrected chi connectivity index (χ4v) is 17.5. The van der Waals surface area contributed by atoms with Gasteiger partial charge in [-0.3, -0.25) is 4.90 Å². The normalized spacial score (nSPS) is 12.0. The van der Waals surface area contributed by atoms with Gasteiger partial charge in [-0.2, -0.15) is 0 Å². The minimum absolute atomic E-state index is 0.870. The molecule has 2 aliphatic rings. The zero-order valence-corrected chi connectivity index (χ0v) is 53.4. The van der Waals surface area contributed by atoms with Crippen molar-refractivity contribution in [3.8, 4) is 100 Å². The average molecular weight is 1260 g/mol. The van der Waals surface area contributed by atoms with Crippen LogP contribution in [0.15, 0.2) is 328 Å². The molecule has 6 heteroatoms. The first-order valence-electron chi connectivity index (χ1n) is 32.7. The van der Waals surface area contributed by atoms with E-state index >= 15 is 0 Å². The summed E-state index contributed by atoms with van der Waals surface area (Å²) in [4.78, 5) is 16.9. The molecule has 20 rings (SSSR count). The first-order chi connectivity index (χ1) is 47.5. The summed E-state index contributed by atoms with van der Waals surface area (Å²) in [6.07, 6.45) is 1.88. The van der Waals surface area contributed by atoms with Crippen LogP contribution in [0.4, 0.5) is 34.3 Å². The second-order valence-corrected chi connectivity index (χ2v) is 27.3. The van der Waals surface area contributed by atoms with Crippen molar-refractivity contribution in [1.82, 2.24) is 9.97 Å². The fraction of sp³-hybridized carbons (Fsp3) is 0. The maximum absolute atomic E-state index is 5.46. The lowest BCUT2D eigenvalue weighted by Gasteiger charge is -2.26. The van der Waals surface area contributed by atoms with Crippen LogP contribution in [0.1, 0.15) is 0 Å². The van der Waals surface area contributed by atoms with E-state index in [0.717, 1.165) is 55.0 Å². The van der Waals surface area contributed by atoms with Gasteiger partial charge in [-0.15, -0.1) is 22.7 Å². The summed E-state index contributed by atoms with van der Waals surface area (Å²) in [6, 6.07) is 119. The van der Waals surface area contributed by atoms with Crippen molar-refractivity contribution >= 4 is 119 Å². The van der Waals surface area contributed by atoms with Crippen LogP contribution in [-0.2, 0) is 0 Å². The molecule has 0 saturated heterocycles. The highest BCUT2D eigenvalue weighted by atomic mass is 32.1. The molecule has 0 atom stereocenters. The number of hydrogen-bond acceptors (Lipinski definition) is 6. The maximum Gasteiger partial charge on any atom is 0.139 e. The van der Waals surface area contributed by atoms with Gasteiger partial charge in [0, 0.05) is 65.6 Å². The van der Waals surface area contributed by atoms with Crippen molar-refractivity contribution in [2.45, 2.75) is 0 Å². The van der Waals surface area contributed by atoms with Crippen LogP contribution in [0, 0.1) is 0 Å². The van der Waals surface area contributed by atoms with E-state index < -0.39 is 0 Å². The van der Waals surface area contributed by atoms with Gasteiger partial charge in [0.2, 0.25) is 0 Å². The molecule has 0 N–H and O–H groups in total. The predicted octanol–water partition coefficient (Wildman–Crippen LogP) is 26.1. The maximum atomic E-state index is 5.46. The van der Waals surface area contributed by atoms with Crippen LogP contribution in [-0.4, -0.2) is 9.97 Å². The van der Waals surface area contributed by atoms with Crippen LogP contribution in [0.2, 0.25) is 0 Å². The van der Waals surface area contributed by atoms with Crippen molar-refractivity contribution in [2.75, 3.05) is 9.80 Å². The van der Waals surface area contributed by atoms with Crippen LogP contribution in [0.5, 0.6) is 0 Å². The molecule has 4 nitrogen and oxygen atoms in total. The first kappa shape index (κ1) is 54.5. The summed E-state index contributed by atoms with van der Waals surface area (Å²) in [6.45, 7) is 0. The highest BCUT2D eigenvalue weighted by Crippen LogP contribution is 2.53. The third-order valence-electron chi connectivity index (χ3n) is 19.8. The Morgan fingerprint density at radius 3 is 1.55 bits per heavy atom. The fourth-order valence-electron chi connectivity index (χ4n) is 15.3. The van der Waals surface area contributed by atoms with Crippen molar-refractivity contribution in [3.63, 3.8) is 0 Å². The molecule has 0 amide bonds. The van der Waals surface area contributed by atoms with Gasteiger partial charge < -0.3 is 4.90 Å². The van der Waals surface area contributed by atoms with E-state index in [0.29, 0.717) is 0 Å². The Labute approximate surface area is 562 Å². The Morgan fingerprint density at radius 2 is 0.729 bits per heavy atom. The van der Waals surface area contributed by atoms with Gasteiger partial charge in [0.1, 0.15) is 15.5 Å². The van der Waals surface area contributed by atoms with Crippen LogP contribution in [0.3, 0.4) is 0 Å². The smallest absolute Gasteiger partial charge is 0.139 e. The van der Waals surface area contributed by atoms with E-state index in [-0.39, 0.29) is 0 Å². The monoisotopic (exact) mass is 1250 g/mol. The zero-order chi connectivity index (χ0) is 63.0. The summed E-state index contributed by atoms with van der Waals surface area (Å²) >= 11 is 3.49. The molecule has 0 radical (unpaired) electrons. The summed E-state index contributed by atoms with van der Waals surface area (Å²) in [7, 11) is 0. The molecule has 0 saturated carbocycles. The number of aromatic nitrogens is 2. The molecule has 0 spiro atoms. The van der Waals surface area contributed by atoms with Gasteiger partial charge >= 0.3 is 0 Å². The molecule has 0 bridgehead atoms. The topological polar surface area (TPSA) is 32.3 Å². The predicted molar refractivity (Wildman–Crippen MR) is 408 cm³/mol. The Hall–Kier alpha value is -12.1. The molecule has 4 aromatic heterocycles. The van der Waals surface area contributed by atoms with Crippen molar-refractivity contribution in [2.24, 2.45) is 0 Å². The molecule has 4 heterocycles. The molecule has 2 aliphatic carbocycles. The number of rotatable bonds is 11. The minimum Gasteiger partial charge on any atom is -0.310 e. The zero-order valence-electron chi connectivity index (χ0n) is 51.8. The Bertz CT molecular complexity index is 6210. The SMILES string of the molecule is c1ccc(-c2ccc(N(c3ccc(-c4ccc5c(c4)-c4ccc(-c6cccc(-c7cccc(N(c8ccc(-c9cc%10c%11c(cccc%11c9)-c9ccccc9-%10)cc8)c8ccc9c(n8)sc8ccccc89)c7)c6)c6cccc-5c46)cc3)c3ccc4c(c3)sc3ncccc34)cc2)cc1. The summed E-state index contributed by atoms with van der Waals surface area (Å²) in [5.41, 5.74) is 27.4. The van der Waals surface area contributed by atoms with Gasteiger partial charge in [-0.25, -0.2) is 9.97 Å². The summed E-state index contributed by atoms with van der Waals surface area (Å²) in [5.74, 6) is 0.870. The second kappa shape index (κ2) is 21.8. The van der Waals surface area contributed by atoms with E-state index in [9.17, 15) is 0 Å². The van der Waals surface area contributed by atoms with E-state index in [4.69, 9.17) is 9.97 Å². The lowest BCUT2D eigenvalue weighted by molar-refractivity contribution is 1.21. The quantitative estimate of drug-likeness (QED) is 0.129. The molecule has 14 aromatic carbocycles. The van der Waals surface area contributed by atoms with Crippen molar-refractivity contribution in [1.29, 1.82) is 0 Å². The lowest BCUT2D eigenvalue weighted by atomic mass is 9.92. The molecule has 446 valence electrons. The van der Waals surface area contributed by atoms with Crippen LogP contribution in [0.25, 0.3) is 162 Å². The van der Waals surface area contributed by atoms with Crippen molar-refractivity contribution < 1.29 is 0 Å². The number of fused-ring (bicyclic) bond motifs is 12. The van der Waals surface area contributed by atoms with Gasteiger partial charge in [-0.1, -0.05) is 206 Å². The van der Waals surface area contributed by atoms with Gasteiger partial charge in [0.15, 0.2) is 0 Å². The number of hydrogen-bond donors (Lipinski definition) is 0. The van der Waals surface area contributed by atoms with E-state index in [1.807, 2.05) is 12.3 Å². The Balaban J connectivity index is 0.624. The highest BCUT2D eigenvalue weighted by molar-refractivity contribution is 7.25. The first-order valence-corrected chi connectivity index (χ1v) is 34.3. The third kappa shape index (κ3) is 8.80. The Morgan fingerprint density at radius 1 is 0.229 bits per heavy atom. The lowest BCUT2D eigenvalue weighted by Crippen LogP contribution is -2.11.